The lowest BCUT2D eigenvalue weighted by Gasteiger charge is -2.28. The van der Waals surface area contributed by atoms with E-state index in [0.717, 1.165) is 19.3 Å². The molecule has 0 radical (unpaired) electrons. The summed E-state index contributed by atoms with van der Waals surface area (Å²) in [5.41, 5.74) is 2.36. The highest BCUT2D eigenvalue weighted by Gasteiger charge is 2.38. The van der Waals surface area contributed by atoms with Gasteiger partial charge in [-0.05, 0) is 29.9 Å². The average molecular weight is 322 g/mol. The predicted molar refractivity (Wildman–Crippen MR) is 96.5 cm³/mol. The minimum absolute atomic E-state index is 0.00518. The van der Waals surface area contributed by atoms with Crippen LogP contribution in [0.4, 0.5) is 0 Å². The molecule has 0 saturated heterocycles. The van der Waals surface area contributed by atoms with Gasteiger partial charge in [0.05, 0.1) is 12.7 Å². The third-order valence-corrected chi connectivity index (χ3v) is 5.12. The van der Waals surface area contributed by atoms with E-state index in [1.165, 1.54) is 11.1 Å². The van der Waals surface area contributed by atoms with Gasteiger partial charge < -0.3 is 4.74 Å². The molecular weight excluding hydrogens is 296 g/mol. The molecular formula is C22H26O2. The van der Waals surface area contributed by atoms with Crippen molar-refractivity contribution in [3.8, 4) is 0 Å². The molecule has 3 atom stereocenters. The lowest BCUT2D eigenvalue weighted by molar-refractivity contribution is -0.126. The number of ether oxygens (including phenoxy) is 1. The Labute approximate surface area is 144 Å². The molecule has 0 aromatic heterocycles. The van der Waals surface area contributed by atoms with Gasteiger partial charge in [0, 0.05) is 12.3 Å². The Kier molecular flexibility index (Phi) is 5.81. The van der Waals surface area contributed by atoms with Crippen LogP contribution in [0.15, 0.2) is 60.7 Å². The van der Waals surface area contributed by atoms with Crippen LogP contribution < -0.4 is 0 Å². The number of Topliss-reactive ketones (excluding diaryl/α,β-unsaturated/α-hetero) is 1. The zero-order chi connectivity index (χ0) is 16.8. The van der Waals surface area contributed by atoms with Crippen molar-refractivity contribution < 1.29 is 9.53 Å². The third kappa shape index (κ3) is 3.93. The van der Waals surface area contributed by atoms with Crippen LogP contribution in [0.3, 0.4) is 0 Å². The molecule has 24 heavy (non-hydrogen) atoms. The lowest BCUT2D eigenvalue weighted by Crippen LogP contribution is -2.25. The average Bonchev–Trinajstić information content (AvgIpc) is 3.12. The first-order chi connectivity index (χ1) is 11.8. The highest BCUT2D eigenvalue weighted by molar-refractivity contribution is 5.81. The molecule has 0 heterocycles. The number of rotatable bonds is 7. The van der Waals surface area contributed by atoms with E-state index in [1.807, 2.05) is 31.2 Å². The number of hydrogen-bond donors (Lipinski definition) is 0. The van der Waals surface area contributed by atoms with Gasteiger partial charge in [-0.1, -0.05) is 74.0 Å². The quantitative estimate of drug-likeness (QED) is 0.688. The molecule has 126 valence electrons. The standard InChI is InChI=1S/C22H26O2/c1-2-21(23)19-14-9-15-20(19)22(18-12-7-4-8-13-18)24-16-17-10-5-3-6-11-17/h3-8,10-13,19-20,22H,2,9,14-16H2,1H3/t19-,20-,22-/m0/s1. The molecule has 2 heteroatoms. The van der Waals surface area contributed by atoms with Crippen molar-refractivity contribution in [3.05, 3.63) is 71.8 Å². The van der Waals surface area contributed by atoms with Crippen LogP contribution in [0, 0.1) is 11.8 Å². The van der Waals surface area contributed by atoms with Crippen molar-refractivity contribution in [3.63, 3.8) is 0 Å². The summed E-state index contributed by atoms with van der Waals surface area (Å²) in [5, 5.41) is 0. The molecule has 2 aromatic rings. The molecule has 2 aromatic carbocycles. The topological polar surface area (TPSA) is 26.3 Å². The molecule has 3 rings (SSSR count). The monoisotopic (exact) mass is 322 g/mol. The van der Waals surface area contributed by atoms with Crippen LogP contribution in [0.2, 0.25) is 0 Å². The van der Waals surface area contributed by atoms with Gasteiger partial charge in [-0.3, -0.25) is 4.79 Å². The summed E-state index contributed by atoms with van der Waals surface area (Å²) in [6.45, 7) is 2.56. The summed E-state index contributed by atoms with van der Waals surface area (Å²) in [5.74, 6) is 0.835. The number of benzene rings is 2. The second-order valence-electron chi connectivity index (χ2n) is 6.65. The van der Waals surface area contributed by atoms with Gasteiger partial charge in [0.1, 0.15) is 5.78 Å². The Morgan fingerprint density at radius 3 is 2.38 bits per heavy atom. The Balaban J connectivity index is 1.81. The molecule has 0 spiro atoms. The summed E-state index contributed by atoms with van der Waals surface area (Å²) >= 11 is 0. The summed E-state index contributed by atoms with van der Waals surface area (Å²) < 4.78 is 6.37. The van der Waals surface area contributed by atoms with Crippen molar-refractivity contribution >= 4 is 5.78 Å². The molecule has 0 aliphatic heterocycles. The summed E-state index contributed by atoms with van der Waals surface area (Å²) in [7, 11) is 0. The van der Waals surface area contributed by atoms with E-state index in [2.05, 4.69) is 36.4 Å². The van der Waals surface area contributed by atoms with Crippen LogP contribution in [-0.2, 0) is 16.1 Å². The van der Waals surface area contributed by atoms with E-state index in [1.54, 1.807) is 0 Å². The predicted octanol–water partition coefficient (Wildman–Crippen LogP) is 5.34. The minimum atomic E-state index is -0.00518. The van der Waals surface area contributed by atoms with Crippen molar-refractivity contribution in [2.24, 2.45) is 11.8 Å². The molecule has 1 aliphatic carbocycles. The first kappa shape index (κ1) is 16.9. The van der Waals surface area contributed by atoms with Gasteiger partial charge >= 0.3 is 0 Å². The molecule has 0 bridgehead atoms. The van der Waals surface area contributed by atoms with Gasteiger partial charge in [-0.15, -0.1) is 0 Å². The number of ketones is 1. The molecule has 1 aliphatic rings. The van der Waals surface area contributed by atoms with Crippen molar-refractivity contribution in [1.29, 1.82) is 0 Å². The first-order valence-corrected chi connectivity index (χ1v) is 9.02. The fraction of sp³-hybridized carbons (Fsp3) is 0.409. The second-order valence-corrected chi connectivity index (χ2v) is 6.65. The van der Waals surface area contributed by atoms with Gasteiger partial charge in [0.2, 0.25) is 0 Å². The third-order valence-electron chi connectivity index (χ3n) is 5.12. The lowest BCUT2D eigenvalue weighted by atomic mass is 9.83. The van der Waals surface area contributed by atoms with E-state index in [4.69, 9.17) is 4.74 Å². The number of carbonyl (C=O) groups is 1. The van der Waals surface area contributed by atoms with Crippen molar-refractivity contribution in [2.75, 3.05) is 0 Å². The SMILES string of the molecule is CCC(=O)[C@H]1CCC[C@@H]1[C@@H](OCc1ccccc1)c1ccccc1. The second kappa shape index (κ2) is 8.25. The van der Waals surface area contributed by atoms with Gasteiger partial charge in [0.25, 0.3) is 0 Å². The molecule has 1 fully saturated rings. The van der Waals surface area contributed by atoms with Crippen LogP contribution in [-0.4, -0.2) is 5.78 Å². The Hall–Kier alpha value is -1.93. The first-order valence-electron chi connectivity index (χ1n) is 9.02. The van der Waals surface area contributed by atoms with E-state index >= 15 is 0 Å². The number of hydrogen-bond acceptors (Lipinski definition) is 2. The fourth-order valence-electron chi connectivity index (χ4n) is 3.88. The van der Waals surface area contributed by atoms with Gasteiger partial charge in [0.15, 0.2) is 0 Å². The van der Waals surface area contributed by atoms with E-state index in [0.29, 0.717) is 24.7 Å². The Morgan fingerprint density at radius 1 is 1.04 bits per heavy atom. The van der Waals surface area contributed by atoms with E-state index in [9.17, 15) is 4.79 Å². The van der Waals surface area contributed by atoms with E-state index in [-0.39, 0.29) is 12.0 Å². The van der Waals surface area contributed by atoms with Crippen molar-refractivity contribution in [1.82, 2.24) is 0 Å². The van der Waals surface area contributed by atoms with Crippen LogP contribution in [0.25, 0.3) is 0 Å². The van der Waals surface area contributed by atoms with Crippen LogP contribution in [0.1, 0.15) is 49.8 Å². The van der Waals surface area contributed by atoms with Crippen LogP contribution >= 0.6 is 0 Å². The maximum atomic E-state index is 12.4. The Morgan fingerprint density at radius 2 is 1.71 bits per heavy atom. The summed E-state index contributed by atoms with van der Waals surface area (Å²) in [6.07, 6.45) is 3.83. The number of carbonyl (C=O) groups excluding carboxylic acids is 1. The Bertz CT molecular complexity index is 636. The van der Waals surface area contributed by atoms with Crippen molar-refractivity contribution in [2.45, 2.75) is 45.3 Å². The molecule has 1 saturated carbocycles. The molecule has 0 N–H and O–H groups in total. The zero-order valence-electron chi connectivity index (χ0n) is 14.4. The largest absolute Gasteiger partial charge is 0.369 e. The summed E-state index contributed by atoms with van der Waals surface area (Å²) in [6, 6.07) is 20.7. The highest BCUT2D eigenvalue weighted by atomic mass is 16.5. The fourth-order valence-corrected chi connectivity index (χ4v) is 3.88. The summed E-state index contributed by atoms with van der Waals surface area (Å²) in [4.78, 5) is 12.4. The molecule has 2 nitrogen and oxygen atoms in total. The highest BCUT2D eigenvalue weighted by Crippen LogP contribution is 2.43. The normalized spacial score (nSPS) is 21.5. The molecule has 0 unspecified atom stereocenters. The van der Waals surface area contributed by atoms with E-state index < -0.39 is 0 Å². The minimum Gasteiger partial charge on any atom is -0.369 e. The van der Waals surface area contributed by atoms with Gasteiger partial charge in [-0.2, -0.15) is 0 Å². The smallest absolute Gasteiger partial charge is 0.136 e. The maximum Gasteiger partial charge on any atom is 0.136 e. The van der Waals surface area contributed by atoms with Crippen LogP contribution in [0.5, 0.6) is 0 Å². The maximum absolute atomic E-state index is 12.4. The molecule has 0 amide bonds. The van der Waals surface area contributed by atoms with Gasteiger partial charge in [-0.25, -0.2) is 0 Å². The zero-order valence-corrected chi connectivity index (χ0v) is 14.4.